The monoisotopic (exact) mass is 413 g/mol. The molecule has 1 N–H and O–H groups in total. The topological polar surface area (TPSA) is 91.2 Å². The quantitative estimate of drug-likeness (QED) is 0.688. The van der Waals surface area contributed by atoms with E-state index in [0.29, 0.717) is 36.2 Å². The SMILES string of the molecule is CCOc1ccc(C2CC(=O)Nc3c2c(C)nn3-c2ccc(Cl)nn2)cc1OC. The van der Waals surface area contributed by atoms with Gasteiger partial charge in [0.25, 0.3) is 0 Å². The zero-order chi connectivity index (χ0) is 20.5. The molecule has 4 rings (SSSR count). The first-order chi connectivity index (χ1) is 14.0. The van der Waals surface area contributed by atoms with Crippen molar-refractivity contribution >= 4 is 23.3 Å². The van der Waals surface area contributed by atoms with E-state index in [1.54, 1.807) is 23.9 Å². The van der Waals surface area contributed by atoms with Gasteiger partial charge in [-0.25, -0.2) is 0 Å². The second-order valence-electron chi connectivity index (χ2n) is 6.62. The van der Waals surface area contributed by atoms with E-state index in [1.165, 1.54) is 0 Å². The maximum absolute atomic E-state index is 12.5. The number of benzene rings is 1. The molecule has 1 amide bonds. The van der Waals surface area contributed by atoms with Gasteiger partial charge in [0.05, 0.1) is 19.4 Å². The Balaban J connectivity index is 1.81. The summed E-state index contributed by atoms with van der Waals surface area (Å²) in [5, 5.41) is 15.8. The lowest BCUT2D eigenvalue weighted by molar-refractivity contribution is -0.116. The van der Waals surface area contributed by atoms with Crippen molar-refractivity contribution in [1.82, 2.24) is 20.0 Å². The molecular weight excluding hydrogens is 394 g/mol. The molecule has 150 valence electrons. The van der Waals surface area contributed by atoms with E-state index in [2.05, 4.69) is 20.6 Å². The van der Waals surface area contributed by atoms with Crippen molar-refractivity contribution in [1.29, 1.82) is 0 Å². The Morgan fingerprint density at radius 2 is 2.07 bits per heavy atom. The molecule has 29 heavy (non-hydrogen) atoms. The van der Waals surface area contributed by atoms with E-state index in [9.17, 15) is 4.79 Å². The first kappa shape index (κ1) is 19.2. The molecule has 0 radical (unpaired) electrons. The minimum Gasteiger partial charge on any atom is -0.493 e. The Labute approximate surface area is 172 Å². The number of hydrogen-bond acceptors (Lipinski definition) is 6. The predicted molar refractivity (Wildman–Crippen MR) is 108 cm³/mol. The zero-order valence-electron chi connectivity index (χ0n) is 16.3. The Morgan fingerprint density at radius 1 is 1.24 bits per heavy atom. The molecule has 8 nitrogen and oxygen atoms in total. The van der Waals surface area contributed by atoms with Crippen molar-refractivity contribution in [2.75, 3.05) is 19.0 Å². The van der Waals surface area contributed by atoms with Crippen LogP contribution in [-0.2, 0) is 4.79 Å². The van der Waals surface area contributed by atoms with Gasteiger partial charge in [-0.05, 0) is 43.7 Å². The average molecular weight is 414 g/mol. The summed E-state index contributed by atoms with van der Waals surface area (Å²) < 4.78 is 12.7. The Kier molecular flexibility index (Phi) is 5.10. The third-order valence-electron chi connectivity index (χ3n) is 4.83. The second-order valence-corrected chi connectivity index (χ2v) is 7.01. The van der Waals surface area contributed by atoms with Crippen LogP contribution in [0.5, 0.6) is 11.5 Å². The van der Waals surface area contributed by atoms with Gasteiger partial charge in [-0.3, -0.25) is 4.79 Å². The predicted octanol–water partition coefficient (Wildman–Crippen LogP) is 3.51. The molecule has 1 atom stereocenters. The molecule has 0 bridgehead atoms. The number of aryl methyl sites for hydroxylation is 1. The Bertz CT molecular complexity index is 1060. The Morgan fingerprint density at radius 3 is 2.76 bits per heavy atom. The summed E-state index contributed by atoms with van der Waals surface area (Å²) in [5.74, 6) is 2.10. The molecule has 0 fully saturated rings. The van der Waals surface area contributed by atoms with E-state index in [1.807, 2.05) is 32.0 Å². The third kappa shape index (κ3) is 3.51. The maximum atomic E-state index is 12.5. The summed E-state index contributed by atoms with van der Waals surface area (Å²) in [6.07, 6.45) is 0.308. The van der Waals surface area contributed by atoms with Gasteiger partial charge >= 0.3 is 0 Å². The van der Waals surface area contributed by atoms with Gasteiger partial charge in [-0.2, -0.15) is 9.78 Å². The lowest BCUT2D eigenvalue weighted by atomic mass is 9.85. The van der Waals surface area contributed by atoms with E-state index in [-0.39, 0.29) is 17.0 Å². The number of aromatic nitrogens is 4. The number of halogens is 1. The number of hydrogen-bond donors (Lipinski definition) is 1. The van der Waals surface area contributed by atoms with E-state index in [4.69, 9.17) is 21.1 Å². The fourth-order valence-corrected chi connectivity index (χ4v) is 3.70. The molecule has 0 spiro atoms. The minimum absolute atomic E-state index is 0.0987. The molecule has 1 unspecified atom stereocenters. The van der Waals surface area contributed by atoms with Crippen LogP contribution in [0.15, 0.2) is 30.3 Å². The third-order valence-corrected chi connectivity index (χ3v) is 5.03. The molecule has 2 aromatic heterocycles. The lowest BCUT2D eigenvalue weighted by Crippen LogP contribution is -2.25. The molecule has 1 aromatic carbocycles. The molecule has 9 heteroatoms. The number of ether oxygens (including phenoxy) is 2. The second kappa shape index (κ2) is 7.71. The highest BCUT2D eigenvalue weighted by Gasteiger charge is 2.33. The van der Waals surface area contributed by atoms with Crippen LogP contribution in [-0.4, -0.2) is 39.6 Å². The number of nitrogens with one attached hydrogen (secondary N) is 1. The molecule has 3 heterocycles. The number of carbonyl (C=O) groups is 1. The Hall–Kier alpha value is -3.13. The number of fused-ring (bicyclic) bond motifs is 1. The van der Waals surface area contributed by atoms with Crippen LogP contribution in [0.2, 0.25) is 5.15 Å². The van der Waals surface area contributed by atoms with Crippen LogP contribution in [0, 0.1) is 6.92 Å². The summed E-state index contributed by atoms with van der Waals surface area (Å²) >= 11 is 5.84. The molecular formula is C20H20ClN5O3. The number of anilines is 1. The van der Waals surface area contributed by atoms with Gasteiger partial charge in [-0.15, -0.1) is 10.2 Å². The summed E-state index contributed by atoms with van der Waals surface area (Å²) in [5.41, 5.74) is 2.69. The number of carbonyl (C=O) groups excluding carboxylic acids is 1. The molecule has 0 saturated carbocycles. The highest BCUT2D eigenvalue weighted by Crippen LogP contribution is 2.42. The van der Waals surface area contributed by atoms with Crippen LogP contribution in [0.3, 0.4) is 0 Å². The van der Waals surface area contributed by atoms with Crippen LogP contribution in [0.4, 0.5) is 5.82 Å². The fourth-order valence-electron chi connectivity index (χ4n) is 3.60. The fraction of sp³-hybridized carbons (Fsp3) is 0.300. The smallest absolute Gasteiger partial charge is 0.226 e. The van der Waals surface area contributed by atoms with Crippen molar-refractivity contribution < 1.29 is 14.3 Å². The van der Waals surface area contributed by atoms with Crippen LogP contribution < -0.4 is 14.8 Å². The summed E-state index contributed by atoms with van der Waals surface area (Å²) in [6.45, 7) is 4.37. The van der Waals surface area contributed by atoms with Gasteiger partial charge in [0.2, 0.25) is 5.91 Å². The molecule has 0 saturated heterocycles. The van der Waals surface area contributed by atoms with Crippen molar-refractivity contribution in [3.05, 3.63) is 52.3 Å². The van der Waals surface area contributed by atoms with E-state index >= 15 is 0 Å². The van der Waals surface area contributed by atoms with Gasteiger partial charge < -0.3 is 14.8 Å². The summed E-state index contributed by atoms with van der Waals surface area (Å²) in [6, 6.07) is 9.08. The standard InChI is InChI=1S/C20H20ClN5O3/c1-4-29-14-6-5-12(9-15(14)28-3)13-10-18(27)22-20-19(13)11(2)25-26(20)17-8-7-16(21)23-24-17/h5-9,13H,4,10H2,1-3H3,(H,22,27). The van der Waals surface area contributed by atoms with Crippen LogP contribution in [0.25, 0.3) is 5.82 Å². The lowest BCUT2D eigenvalue weighted by Gasteiger charge is -2.25. The zero-order valence-corrected chi connectivity index (χ0v) is 17.0. The van der Waals surface area contributed by atoms with Crippen LogP contribution in [0.1, 0.15) is 36.1 Å². The number of methoxy groups -OCH3 is 1. The molecule has 3 aromatic rings. The summed E-state index contributed by atoms with van der Waals surface area (Å²) in [4.78, 5) is 12.5. The van der Waals surface area contributed by atoms with Gasteiger partial charge in [0, 0.05) is 17.9 Å². The van der Waals surface area contributed by atoms with Crippen molar-refractivity contribution in [3.8, 4) is 17.3 Å². The highest BCUT2D eigenvalue weighted by molar-refractivity contribution is 6.29. The van der Waals surface area contributed by atoms with Crippen molar-refractivity contribution in [3.63, 3.8) is 0 Å². The van der Waals surface area contributed by atoms with E-state index in [0.717, 1.165) is 16.8 Å². The largest absolute Gasteiger partial charge is 0.493 e. The number of nitrogens with zero attached hydrogens (tertiary/aromatic N) is 4. The normalized spacial score (nSPS) is 15.6. The molecule has 1 aliphatic rings. The first-order valence-electron chi connectivity index (χ1n) is 9.21. The van der Waals surface area contributed by atoms with Gasteiger partial charge in [0.1, 0.15) is 5.82 Å². The van der Waals surface area contributed by atoms with Crippen LogP contribution >= 0.6 is 11.6 Å². The highest BCUT2D eigenvalue weighted by atomic mass is 35.5. The number of amides is 1. The molecule has 0 aliphatic carbocycles. The van der Waals surface area contributed by atoms with E-state index < -0.39 is 0 Å². The maximum Gasteiger partial charge on any atom is 0.226 e. The minimum atomic E-state index is -0.169. The number of rotatable bonds is 5. The first-order valence-corrected chi connectivity index (χ1v) is 9.59. The van der Waals surface area contributed by atoms with Gasteiger partial charge in [-0.1, -0.05) is 17.7 Å². The van der Waals surface area contributed by atoms with Crippen molar-refractivity contribution in [2.45, 2.75) is 26.2 Å². The van der Waals surface area contributed by atoms with Crippen molar-refractivity contribution in [2.24, 2.45) is 0 Å². The molecule has 1 aliphatic heterocycles. The average Bonchev–Trinajstić information content (AvgIpc) is 3.04. The summed E-state index contributed by atoms with van der Waals surface area (Å²) in [7, 11) is 1.60. The van der Waals surface area contributed by atoms with Gasteiger partial charge in [0.15, 0.2) is 22.5 Å².